The Morgan fingerprint density at radius 1 is 1.17 bits per heavy atom. The van der Waals surface area contributed by atoms with E-state index in [-0.39, 0.29) is 5.82 Å². The summed E-state index contributed by atoms with van der Waals surface area (Å²) in [5.41, 5.74) is 0.795. The Labute approximate surface area is 115 Å². The van der Waals surface area contributed by atoms with E-state index in [9.17, 15) is 4.39 Å². The van der Waals surface area contributed by atoms with E-state index >= 15 is 0 Å². The number of benzene rings is 1. The van der Waals surface area contributed by atoms with Crippen molar-refractivity contribution >= 4 is 11.8 Å². The molecule has 0 aromatic heterocycles. The van der Waals surface area contributed by atoms with Gasteiger partial charge in [0.1, 0.15) is 5.82 Å². The van der Waals surface area contributed by atoms with Crippen LogP contribution in [-0.2, 0) is 6.54 Å². The highest BCUT2D eigenvalue weighted by Gasteiger charge is 2.14. The molecule has 1 atom stereocenters. The van der Waals surface area contributed by atoms with Gasteiger partial charge in [0, 0.05) is 28.3 Å². The van der Waals surface area contributed by atoms with Gasteiger partial charge in [0.2, 0.25) is 0 Å². The molecule has 0 saturated heterocycles. The van der Waals surface area contributed by atoms with Crippen molar-refractivity contribution in [1.29, 1.82) is 0 Å². The van der Waals surface area contributed by atoms with Crippen LogP contribution in [0.4, 0.5) is 4.39 Å². The minimum absolute atomic E-state index is 0.107. The highest BCUT2D eigenvalue weighted by atomic mass is 32.2. The maximum Gasteiger partial charge on any atom is 0.128 e. The van der Waals surface area contributed by atoms with Crippen LogP contribution >= 0.6 is 11.8 Å². The van der Waals surface area contributed by atoms with Gasteiger partial charge in [-0.15, -0.1) is 11.8 Å². The lowest BCUT2D eigenvalue weighted by Gasteiger charge is -2.18. The molecule has 1 N–H and O–H groups in total. The van der Waals surface area contributed by atoms with Crippen molar-refractivity contribution in [2.45, 2.75) is 57.4 Å². The summed E-state index contributed by atoms with van der Waals surface area (Å²) < 4.78 is 13.9. The molecular weight excluding hydrogens is 245 g/mol. The summed E-state index contributed by atoms with van der Waals surface area (Å²) in [7, 11) is 0. The Balaban J connectivity index is 2.86. The Bertz CT molecular complexity index is 377. The molecule has 0 spiro atoms. The molecule has 0 fully saturated rings. The summed E-state index contributed by atoms with van der Waals surface area (Å²) in [6, 6.07) is 5.72. The van der Waals surface area contributed by atoms with Crippen molar-refractivity contribution in [1.82, 2.24) is 5.32 Å². The van der Waals surface area contributed by atoms with Gasteiger partial charge in [0.05, 0.1) is 0 Å². The molecule has 1 aromatic rings. The van der Waals surface area contributed by atoms with E-state index in [1.54, 1.807) is 23.9 Å². The maximum atomic E-state index is 13.9. The third-order valence-electron chi connectivity index (χ3n) is 3.01. The van der Waals surface area contributed by atoms with Gasteiger partial charge in [0.15, 0.2) is 0 Å². The van der Waals surface area contributed by atoms with Crippen LogP contribution in [0, 0.1) is 11.7 Å². The first kappa shape index (κ1) is 15.5. The lowest BCUT2D eigenvalue weighted by atomic mass is 10.1. The number of rotatable bonds is 6. The highest BCUT2D eigenvalue weighted by molar-refractivity contribution is 8.00. The molecule has 0 radical (unpaired) electrons. The van der Waals surface area contributed by atoms with Crippen LogP contribution in [0.5, 0.6) is 0 Å². The largest absolute Gasteiger partial charge is 0.310 e. The quantitative estimate of drug-likeness (QED) is 0.765. The molecule has 0 saturated carbocycles. The topological polar surface area (TPSA) is 12.0 Å². The van der Waals surface area contributed by atoms with Crippen molar-refractivity contribution in [3.8, 4) is 0 Å². The fraction of sp³-hybridized carbons (Fsp3) is 0.600. The zero-order chi connectivity index (χ0) is 13.7. The van der Waals surface area contributed by atoms with E-state index in [1.807, 2.05) is 6.07 Å². The number of nitrogens with one attached hydrogen (secondary N) is 1. The SMILES string of the molecule is CC(C)NCc1c(F)cccc1SC(C)C(C)C. The molecule has 0 aliphatic carbocycles. The number of hydrogen-bond acceptors (Lipinski definition) is 2. The van der Waals surface area contributed by atoms with E-state index in [2.05, 4.69) is 39.9 Å². The second-order valence-electron chi connectivity index (χ2n) is 5.32. The van der Waals surface area contributed by atoms with Gasteiger partial charge in [-0.25, -0.2) is 4.39 Å². The van der Waals surface area contributed by atoms with Crippen molar-refractivity contribution in [3.63, 3.8) is 0 Å². The second kappa shape index (κ2) is 7.15. The fourth-order valence-corrected chi connectivity index (χ4v) is 2.61. The van der Waals surface area contributed by atoms with E-state index in [0.717, 1.165) is 10.5 Å². The van der Waals surface area contributed by atoms with Crippen LogP contribution < -0.4 is 5.32 Å². The van der Waals surface area contributed by atoms with E-state index < -0.39 is 0 Å². The molecular formula is C15H24FNS. The summed E-state index contributed by atoms with van der Waals surface area (Å²) >= 11 is 1.76. The average Bonchev–Trinajstić information content (AvgIpc) is 2.27. The van der Waals surface area contributed by atoms with Crippen molar-refractivity contribution in [2.24, 2.45) is 5.92 Å². The van der Waals surface area contributed by atoms with E-state index in [0.29, 0.717) is 23.8 Å². The lowest BCUT2D eigenvalue weighted by Crippen LogP contribution is -2.23. The predicted octanol–water partition coefficient (Wildman–Crippen LogP) is 4.46. The van der Waals surface area contributed by atoms with E-state index in [4.69, 9.17) is 0 Å². The third kappa shape index (κ3) is 4.62. The monoisotopic (exact) mass is 269 g/mol. The summed E-state index contributed by atoms with van der Waals surface area (Å²) in [6.45, 7) is 11.3. The Hall–Kier alpha value is -0.540. The summed E-state index contributed by atoms with van der Waals surface area (Å²) in [5, 5.41) is 3.78. The molecule has 0 amide bonds. The van der Waals surface area contributed by atoms with Crippen molar-refractivity contribution in [2.75, 3.05) is 0 Å². The molecule has 18 heavy (non-hydrogen) atoms. The van der Waals surface area contributed by atoms with Gasteiger partial charge in [0.25, 0.3) is 0 Å². The summed E-state index contributed by atoms with van der Waals surface area (Å²) in [6.07, 6.45) is 0. The lowest BCUT2D eigenvalue weighted by molar-refractivity contribution is 0.546. The molecule has 0 aliphatic heterocycles. The molecule has 0 heterocycles. The Kier molecular flexibility index (Phi) is 6.16. The molecule has 102 valence electrons. The van der Waals surface area contributed by atoms with Gasteiger partial charge in [-0.3, -0.25) is 0 Å². The van der Waals surface area contributed by atoms with E-state index in [1.165, 1.54) is 0 Å². The van der Waals surface area contributed by atoms with Crippen LogP contribution in [0.1, 0.15) is 40.2 Å². The summed E-state index contributed by atoms with van der Waals surface area (Å²) in [4.78, 5) is 1.06. The van der Waals surface area contributed by atoms with Gasteiger partial charge in [-0.05, 0) is 18.1 Å². The number of thioether (sulfide) groups is 1. The zero-order valence-electron chi connectivity index (χ0n) is 12.0. The minimum atomic E-state index is -0.107. The highest BCUT2D eigenvalue weighted by Crippen LogP contribution is 2.31. The molecule has 3 heteroatoms. The summed E-state index contributed by atoms with van der Waals surface area (Å²) in [5.74, 6) is 0.480. The average molecular weight is 269 g/mol. The van der Waals surface area contributed by atoms with Crippen molar-refractivity contribution < 1.29 is 4.39 Å². The van der Waals surface area contributed by atoms with Crippen LogP contribution in [-0.4, -0.2) is 11.3 Å². The first-order chi connectivity index (χ1) is 8.41. The van der Waals surface area contributed by atoms with Gasteiger partial charge in [-0.1, -0.05) is 40.7 Å². The van der Waals surface area contributed by atoms with Crippen LogP contribution in [0.25, 0.3) is 0 Å². The number of halogens is 1. The normalized spacial score (nSPS) is 13.3. The predicted molar refractivity (Wildman–Crippen MR) is 78.5 cm³/mol. The Morgan fingerprint density at radius 2 is 1.83 bits per heavy atom. The smallest absolute Gasteiger partial charge is 0.128 e. The second-order valence-corrected chi connectivity index (χ2v) is 6.74. The van der Waals surface area contributed by atoms with Crippen LogP contribution in [0.15, 0.2) is 23.1 Å². The Morgan fingerprint density at radius 3 is 2.39 bits per heavy atom. The molecule has 0 bridgehead atoms. The molecule has 1 rings (SSSR count). The molecule has 0 aliphatic rings. The first-order valence-corrected chi connectivity index (χ1v) is 7.47. The van der Waals surface area contributed by atoms with Gasteiger partial charge < -0.3 is 5.32 Å². The standard InChI is InChI=1S/C15H24FNS/c1-10(2)12(5)18-15-8-6-7-14(16)13(15)9-17-11(3)4/h6-8,10-12,17H,9H2,1-5H3. The third-order valence-corrected chi connectivity index (χ3v) is 4.57. The maximum absolute atomic E-state index is 13.9. The first-order valence-electron chi connectivity index (χ1n) is 6.59. The molecule has 1 nitrogen and oxygen atoms in total. The fourth-order valence-electron chi connectivity index (χ4n) is 1.46. The molecule has 1 unspecified atom stereocenters. The minimum Gasteiger partial charge on any atom is -0.310 e. The van der Waals surface area contributed by atoms with Gasteiger partial charge >= 0.3 is 0 Å². The number of hydrogen-bond donors (Lipinski definition) is 1. The van der Waals surface area contributed by atoms with Crippen LogP contribution in [0.3, 0.4) is 0 Å². The zero-order valence-corrected chi connectivity index (χ0v) is 12.8. The molecule has 1 aromatic carbocycles. The van der Waals surface area contributed by atoms with Gasteiger partial charge in [-0.2, -0.15) is 0 Å². The van der Waals surface area contributed by atoms with Crippen molar-refractivity contribution in [3.05, 3.63) is 29.6 Å². The van der Waals surface area contributed by atoms with Crippen LogP contribution in [0.2, 0.25) is 0 Å².